The molecule has 0 radical (unpaired) electrons. The summed E-state index contributed by atoms with van der Waals surface area (Å²) in [6.45, 7) is 11.2. The van der Waals surface area contributed by atoms with Crippen LogP contribution in [0.5, 0.6) is 5.75 Å². The van der Waals surface area contributed by atoms with Crippen LogP contribution in [0, 0.1) is 13.8 Å². The highest BCUT2D eigenvalue weighted by molar-refractivity contribution is 5.99. The second-order valence-electron chi connectivity index (χ2n) is 10.6. The molecule has 2 aromatic rings. The minimum absolute atomic E-state index is 0.0618. The van der Waals surface area contributed by atoms with Gasteiger partial charge in [0.25, 0.3) is 5.91 Å². The summed E-state index contributed by atoms with van der Waals surface area (Å²) in [6.07, 6.45) is 4.16. The van der Waals surface area contributed by atoms with Crippen molar-refractivity contribution in [3.63, 3.8) is 0 Å². The highest BCUT2D eigenvalue weighted by Crippen LogP contribution is 2.28. The Morgan fingerprint density at radius 1 is 0.947 bits per heavy atom. The van der Waals surface area contributed by atoms with E-state index < -0.39 is 23.6 Å². The Kier molecular flexibility index (Phi) is 11.6. The van der Waals surface area contributed by atoms with Gasteiger partial charge >= 0.3 is 6.09 Å². The zero-order valence-corrected chi connectivity index (χ0v) is 23.6. The Hall–Kier alpha value is -3.55. The number of para-hydroxylation sites is 1. The molecular weight excluding hydrogens is 482 g/mol. The lowest BCUT2D eigenvalue weighted by molar-refractivity contribution is -0.138. The quantitative estimate of drug-likeness (QED) is 0.294. The van der Waals surface area contributed by atoms with Crippen molar-refractivity contribution in [3.8, 4) is 5.75 Å². The van der Waals surface area contributed by atoms with Crippen molar-refractivity contribution in [2.45, 2.75) is 85.3 Å². The lowest BCUT2D eigenvalue weighted by Crippen LogP contribution is -2.47. The van der Waals surface area contributed by atoms with Crippen molar-refractivity contribution in [3.05, 3.63) is 59.2 Å². The second kappa shape index (κ2) is 14.4. The number of unbranched alkanes of at least 4 members (excludes halogenated alkanes) is 4. The van der Waals surface area contributed by atoms with E-state index in [4.69, 9.17) is 4.74 Å². The van der Waals surface area contributed by atoms with Gasteiger partial charge in [0, 0.05) is 12.2 Å². The number of nitrogens with one attached hydrogen (secondary N) is 2. The number of aromatic hydroxyl groups is 1. The molecule has 0 spiro atoms. The molecule has 3 N–H and O–H groups in total. The SMILES string of the molecule is CCCCCCCN(C(=O)CNC(=O)OC(C)(C)C)C(C(=O)Nc1c(C)cccc1C)c1ccc(O)cc1. The molecule has 0 saturated carbocycles. The van der Waals surface area contributed by atoms with Crippen molar-refractivity contribution in [2.75, 3.05) is 18.4 Å². The fraction of sp³-hybridized carbons (Fsp3) is 0.500. The van der Waals surface area contributed by atoms with Crippen LogP contribution in [0.4, 0.5) is 10.5 Å². The van der Waals surface area contributed by atoms with E-state index >= 15 is 0 Å². The fourth-order valence-corrected chi connectivity index (χ4v) is 4.18. The first kappa shape index (κ1) is 30.7. The Labute approximate surface area is 226 Å². The monoisotopic (exact) mass is 525 g/mol. The first-order valence-corrected chi connectivity index (χ1v) is 13.3. The van der Waals surface area contributed by atoms with Gasteiger partial charge in [-0.3, -0.25) is 9.59 Å². The molecule has 0 saturated heterocycles. The number of anilines is 1. The summed E-state index contributed by atoms with van der Waals surface area (Å²) < 4.78 is 5.28. The third kappa shape index (κ3) is 9.72. The van der Waals surface area contributed by atoms with Gasteiger partial charge in [0.1, 0.15) is 23.9 Å². The largest absolute Gasteiger partial charge is 0.508 e. The summed E-state index contributed by atoms with van der Waals surface area (Å²) in [5.74, 6) is -0.708. The van der Waals surface area contributed by atoms with Gasteiger partial charge in [0.05, 0.1) is 0 Å². The molecule has 0 aliphatic rings. The van der Waals surface area contributed by atoms with Crippen molar-refractivity contribution < 1.29 is 24.2 Å². The first-order chi connectivity index (χ1) is 17.9. The van der Waals surface area contributed by atoms with E-state index in [0.717, 1.165) is 36.8 Å². The van der Waals surface area contributed by atoms with E-state index in [0.29, 0.717) is 24.2 Å². The molecule has 0 bridgehead atoms. The average Bonchev–Trinajstić information content (AvgIpc) is 2.84. The van der Waals surface area contributed by atoms with Crippen molar-refractivity contribution in [2.24, 2.45) is 0 Å². The predicted octanol–water partition coefficient (Wildman–Crippen LogP) is 6.01. The van der Waals surface area contributed by atoms with E-state index in [1.165, 1.54) is 17.0 Å². The molecule has 0 fully saturated rings. The number of aryl methyl sites for hydroxylation is 2. The van der Waals surface area contributed by atoms with Gasteiger partial charge in [-0.2, -0.15) is 0 Å². The normalized spacial score (nSPS) is 11.9. The molecule has 38 heavy (non-hydrogen) atoms. The van der Waals surface area contributed by atoms with Crippen LogP contribution in [0.15, 0.2) is 42.5 Å². The smallest absolute Gasteiger partial charge is 0.408 e. The molecule has 3 amide bonds. The second-order valence-corrected chi connectivity index (χ2v) is 10.6. The standard InChI is InChI=1S/C30H43N3O5/c1-7-8-9-10-11-19-33(25(35)20-31-29(37)38-30(4,5)6)27(23-15-17-24(34)18-16-23)28(36)32-26-21(2)13-12-14-22(26)3/h12-18,27,34H,7-11,19-20H2,1-6H3,(H,31,37)(H,32,36). The minimum Gasteiger partial charge on any atom is -0.508 e. The van der Waals surface area contributed by atoms with Gasteiger partial charge in [0.15, 0.2) is 0 Å². The van der Waals surface area contributed by atoms with E-state index in [2.05, 4.69) is 17.6 Å². The number of carbonyl (C=O) groups is 3. The summed E-state index contributed by atoms with van der Waals surface area (Å²) in [7, 11) is 0. The number of carbonyl (C=O) groups excluding carboxylic acids is 3. The summed E-state index contributed by atoms with van der Waals surface area (Å²) in [5.41, 5.74) is 2.37. The van der Waals surface area contributed by atoms with E-state index in [9.17, 15) is 19.5 Å². The first-order valence-electron chi connectivity index (χ1n) is 13.3. The maximum absolute atomic E-state index is 13.8. The third-order valence-electron chi connectivity index (χ3n) is 6.10. The zero-order chi connectivity index (χ0) is 28.3. The topological polar surface area (TPSA) is 108 Å². The number of hydrogen-bond acceptors (Lipinski definition) is 5. The summed E-state index contributed by atoms with van der Waals surface area (Å²) >= 11 is 0. The van der Waals surface area contributed by atoms with Crippen LogP contribution >= 0.6 is 0 Å². The van der Waals surface area contributed by atoms with E-state index in [1.807, 2.05) is 32.0 Å². The number of phenols is 1. The molecule has 2 rings (SSSR count). The lowest BCUT2D eigenvalue weighted by Gasteiger charge is -2.32. The van der Waals surface area contributed by atoms with Crippen molar-refractivity contribution in [1.82, 2.24) is 10.2 Å². The van der Waals surface area contributed by atoms with Crippen LogP contribution < -0.4 is 10.6 Å². The van der Waals surface area contributed by atoms with Crippen LogP contribution in [0.1, 0.15) is 82.5 Å². The van der Waals surface area contributed by atoms with Crippen LogP contribution in [0.2, 0.25) is 0 Å². The molecular formula is C30H43N3O5. The Morgan fingerprint density at radius 3 is 2.13 bits per heavy atom. The van der Waals surface area contributed by atoms with Crippen molar-refractivity contribution >= 4 is 23.6 Å². The van der Waals surface area contributed by atoms with Gasteiger partial charge < -0.3 is 25.4 Å². The molecule has 0 aliphatic heterocycles. The minimum atomic E-state index is -0.964. The number of nitrogens with zero attached hydrogens (tertiary/aromatic N) is 1. The average molecular weight is 526 g/mol. The number of ether oxygens (including phenoxy) is 1. The van der Waals surface area contributed by atoms with E-state index in [-0.39, 0.29) is 18.2 Å². The maximum atomic E-state index is 13.8. The zero-order valence-electron chi connectivity index (χ0n) is 23.6. The predicted molar refractivity (Wildman–Crippen MR) is 150 cm³/mol. The maximum Gasteiger partial charge on any atom is 0.408 e. The highest BCUT2D eigenvalue weighted by Gasteiger charge is 2.32. The van der Waals surface area contributed by atoms with Crippen LogP contribution in [-0.4, -0.2) is 46.6 Å². The summed E-state index contributed by atoms with van der Waals surface area (Å²) in [4.78, 5) is 41.1. The molecule has 0 heterocycles. The molecule has 8 nitrogen and oxygen atoms in total. The number of amides is 3. The molecule has 0 aliphatic carbocycles. The molecule has 1 atom stereocenters. The van der Waals surface area contributed by atoms with Gasteiger partial charge in [-0.25, -0.2) is 4.79 Å². The summed E-state index contributed by atoms with van der Waals surface area (Å²) in [6, 6.07) is 11.1. The molecule has 208 valence electrons. The van der Waals surface area contributed by atoms with Crippen LogP contribution in [-0.2, 0) is 14.3 Å². The molecule has 1 unspecified atom stereocenters. The Bertz CT molecular complexity index is 1060. The summed E-state index contributed by atoms with van der Waals surface area (Å²) in [5, 5.41) is 15.4. The number of hydrogen-bond donors (Lipinski definition) is 3. The van der Waals surface area contributed by atoms with Crippen LogP contribution in [0.25, 0.3) is 0 Å². The van der Waals surface area contributed by atoms with Gasteiger partial charge in [-0.1, -0.05) is 62.9 Å². The molecule has 8 heteroatoms. The number of alkyl carbamates (subject to hydrolysis) is 1. The van der Waals surface area contributed by atoms with E-state index in [1.54, 1.807) is 32.9 Å². The fourth-order valence-electron chi connectivity index (χ4n) is 4.18. The molecule has 0 aromatic heterocycles. The Balaban J connectivity index is 2.38. The van der Waals surface area contributed by atoms with Gasteiger partial charge in [0.2, 0.25) is 5.91 Å². The van der Waals surface area contributed by atoms with Crippen LogP contribution in [0.3, 0.4) is 0 Å². The van der Waals surface area contributed by atoms with Gasteiger partial charge in [-0.05, 0) is 69.9 Å². The van der Waals surface area contributed by atoms with Crippen molar-refractivity contribution in [1.29, 1.82) is 0 Å². The number of rotatable bonds is 12. The lowest BCUT2D eigenvalue weighted by atomic mass is 10.0. The van der Waals surface area contributed by atoms with Gasteiger partial charge in [-0.15, -0.1) is 0 Å². The molecule has 2 aromatic carbocycles. The number of benzene rings is 2. The Morgan fingerprint density at radius 2 is 1.55 bits per heavy atom. The third-order valence-corrected chi connectivity index (χ3v) is 6.10. The highest BCUT2D eigenvalue weighted by atomic mass is 16.6. The number of phenolic OH excluding ortho intramolecular Hbond substituents is 1.